The van der Waals surface area contributed by atoms with Crippen LogP contribution in [0.5, 0.6) is 0 Å². The van der Waals surface area contributed by atoms with Crippen LogP contribution in [0.1, 0.15) is 6.42 Å². The maximum absolute atomic E-state index is 11.8. The number of hydrogen-bond acceptors (Lipinski definition) is 4. The molecule has 1 aromatic carbocycles. The first-order valence-electron chi connectivity index (χ1n) is 5.60. The van der Waals surface area contributed by atoms with E-state index in [0.717, 1.165) is 6.42 Å². The van der Waals surface area contributed by atoms with Gasteiger partial charge in [-0.15, -0.1) is 6.58 Å². The predicted molar refractivity (Wildman–Crippen MR) is 71.7 cm³/mol. The molecule has 0 unspecified atom stereocenters. The van der Waals surface area contributed by atoms with Gasteiger partial charge in [-0.1, -0.05) is 6.08 Å². The van der Waals surface area contributed by atoms with Gasteiger partial charge in [0.05, 0.1) is 18.1 Å². The second kappa shape index (κ2) is 7.15. The summed E-state index contributed by atoms with van der Waals surface area (Å²) in [6, 6.07) is 6.04. The molecule has 0 saturated carbocycles. The van der Waals surface area contributed by atoms with E-state index >= 15 is 0 Å². The van der Waals surface area contributed by atoms with Crippen molar-refractivity contribution in [1.29, 1.82) is 0 Å². The van der Waals surface area contributed by atoms with Crippen molar-refractivity contribution in [2.24, 2.45) is 0 Å². The van der Waals surface area contributed by atoms with Crippen molar-refractivity contribution in [3.8, 4) is 0 Å². The highest BCUT2D eigenvalue weighted by Gasteiger charge is 2.12. The Balaban J connectivity index is 2.40. The number of benzene rings is 1. The van der Waals surface area contributed by atoms with Crippen LogP contribution in [0.2, 0.25) is 0 Å². The summed E-state index contributed by atoms with van der Waals surface area (Å²) < 4.78 is 31.3. The Morgan fingerprint density at radius 1 is 1.28 bits per heavy atom. The molecule has 1 rings (SSSR count). The summed E-state index contributed by atoms with van der Waals surface area (Å²) >= 11 is 0. The van der Waals surface area contributed by atoms with Crippen LogP contribution in [0.15, 0.2) is 41.8 Å². The van der Waals surface area contributed by atoms with E-state index < -0.39 is 10.0 Å². The zero-order chi connectivity index (χ0) is 13.4. The lowest BCUT2D eigenvalue weighted by molar-refractivity contribution is 0.144. The molecule has 6 heteroatoms. The van der Waals surface area contributed by atoms with E-state index in [1.165, 1.54) is 12.1 Å². The van der Waals surface area contributed by atoms with Gasteiger partial charge in [0.1, 0.15) is 0 Å². The first-order valence-corrected chi connectivity index (χ1v) is 7.08. The van der Waals surface area contributed by atoms with Gasteiger partial charge in [0.2, 0.25) is 10.0 Å². The molecular weight excluding hydrogens is 252 g/mol. The molecule has 3 N–H and O–H groups in total. The highest BCUT2D eigenvalue weighted by atomic mass is 32.2. The van der Waals surface area contributed by atoms with Crippen molar-refractivity contribution < 1.29 is 13.2 Å². The quantitative estimate of drug-likeness (QED) is 0.421. The smallest absolute Gasteiger partial charge is 0.240 e. The lowest BCUT2D eigenvalue weighted by Crippen LogP contribution is -2.27. The fourth-order valence-electron chi connectivity index (χ4n) is 1.25. The molecule has 5 nitrogen and oxygen atoms in total. The summed E-state index contributed by atoms with van der Waals surface area (Å²) in [6.45, 7) is 4.69. The van der Waals surface area contributed by atoms with Crippen molar-refractivity contribution >= 4 is 15.7 Å². The van der Waals surface area contributed by atoms with Crippen LogP contribution in [0.3, 0.4) is 0 Å². The van der Waals surface area contributed by atoms with Crippen molar-refractivity contribution in [3.05, 3.63) is 36.9 Å². The number of anilines is 1. The minimum absolute atomic E-state index is 0.197. The minimum atomic E-state index is -3.48. The third-order valence-electron chi connectivity index (χ3n) is 2.20. The van der Waals surface area contributed by atoms with Crippen molar-refractivity contribution in [2.45, 2.75) is 11.3 Å². The Bertz CT molecular complexity index is 469. The van der Waals surface area contributed by atoms with Gasteiger partial charge in [-0.25, -0.2) is 13.1 Å². The summed E-state index contributed by atoms with van der Waals surface area (Å²) in [6.07, 6.45) is 2.50. The Hall–Kier alpha value is -1.37. The van der Waals surface area contributed by atoms with Crippen LogP contribution >= 0.6 is 0 Å². The van der Waals surface area contributed by atoms with Crippen molar-refractivity contribution in [1.82, 2.24) is 4.72 Å². The second-order valence-electron chi connectivity index (χ2n) is 3.66. The molecule has 0 saturated heterocycles. The number of nitrogens with two attached hydrogens (primary N) is 1. The van der Waals surface area contributed by atoms with E-state index in [0.29, 0.717) is 18.9 Å². The first-order chi connectivity index (χ1) is 8.56. The molecule has 0 spiro atoms. The van der Waals surface area contributed by atoms with E-state index in [2.05, 4.69) is 11.3 Å². The van der Waals surface area contributed by atoms with E-state index in [1.54, 1.807) is 18.2 Å². The normalized spacial score (nSPS) is 11.3. The van der Waals surface area contributed by atoms with Gasteiger partial charge < -0.3 is 10.5 Å². The van der Waals surface area contributed by atoms with Crippen LogP contribution in [0, 0.1) is 0 Å². The molecule has 0 aliphatic rings. The molecule has 0 fully saturated rings. The van der Waals surface area contributed by atoms with Gasteiger partial charge in [-0.05, 0) is 30.7 Å². The van der Waals surface area contributed by atoms with Crippen LogP contribution < -0.4 is 10.5 Å². The largest absolute Gasteiger partial charge is 0.399 e. The standard InChI is InChI=1S/C12H18N2O3S/c1-2-3-9-17-10-8-14-18(15,16)12-6-4-11(13)5-7-12/h2,4-7,14H,1,3,8-10,13H2. The van der Waals surface area contributed by atoms with Gasteiger partial charge >= 0.3 is 0 Å². The molecule has 0 aromatic heterocycles. The van der Waals surface area contributed by atoms with Gasteiger partial charge in [0.25, 0.3) is 0 Å². The first kappa shape index (κ1) is 14.7. The average Bonchev–Trinajstić information content (AvgIpc) is 2.34. The average molecular weight is 270 g/mol. The van der Waals surface area contributed by atoms with Crippen molar-refractivity contribution in [2.75, 3.05) is 25.5 Å². The summed E-state index contributed by atoms with van der Waals surface area (Å²) in [5.74, 6) is 0. The van der Waals surface area contributed by atoms with Crippen LogP contribution in [0.25, 0.3) is 0 Å². The molecule has 0 radical (unpaired) electrons. The molecule has 0 atom stereocenters. The highest BCUT2D eigenvalue weighted by molar-refractivity contribution is 7.89. The third kappa shape index (κ3) is 4.87. The van der Waals surface area contributed by atoms with E-state index in [-0.39, 0.29) is 11.4 Å². The number of sulfonamides is 1. The fourth-order valence-corrected chi connectivity index (χ4v) is 2.26. The molecule has 0 bridgehead atoms. The summed E-state index contributed by atoms with van der Waals surface area (Å²) in [7, 11) is -3.48. The number of nitrogens with one attached hydrogen (secondary N) is 1. The lowest BCUT2D eigenvalue weighted by Gasteiger charge is -2.07. The molecule has 18 heavy (non-hydrogen) atoms. The maximum Gasteiger partial charge on any atom is 0.240 e. The lowest BCUT2D eigenvalue weighted by atomic mass is 10.3. The third-order valence-corrected chi connectivity index (χ3v) is 3.67. The van der Waals surface area contributed by atoms with Crippen LogP contribution in [-0.4, -0.2) is 28.2 Å². The fraction of sp³-hybridized carbons (Fsp3) is 0.333. The Morgan fingerprint density at radius 3 is 2.56 bits per heavy atom. The van der Waals surface area contributed by atoms with Crippen LogP contribution in [0.4, 0.5) is 5.69 Å². The van der Waals surface area contributed by atoms with Crippen molar-refractivity contribution in [3.63, 3.8) is 0 Å². The number of nitrogen functional groups attached to an aromatic ring is 1. The van der Waals surface area contributed by atoms with Gasteiger partial charge in [0, 0.05) is 12.2 Å². The molecule has 0 heterocycles. The monoisotopic (exact) mass is 270 g/mol. The molecule has 100 valence electrons. The topological polar surface area (TPSA) is 81.4 Å². The maximum atomic E-state index is 11.8. The SMILES string of the molecule is C=CCCOCCNS(=O)(=O)c1ccc(N)cc1. The van der Waals surface area contributed by atoms with Gasteiger partial charge in [-0.3, -0.25) is 0 Å². The summed E-state index contributed by atoms with van der Waals surface area (Å²) in [5.41, 5.74) is 6.02. The summed E-state index contributed by atoms with van der Waals surface area (Å²) in [5, 5.41) is 0. The second-order valence-corrected chi connectivity index (χ2v) is 5.42. The van der Waals surface area contributed by atoms with E-state index in [4.69, 9.17) is 10.5 Å². The predicted octanol–water partition coefficient (Wildman–Crippen LogP) is 1.14. The van der Waals surface area contributed by atoms with Gasteiger partial charge in [-0.2, -0.15) is 0 Å². The Kier molecular flexibility index (Phi) is 5.84. The number of ether oxygens (including phenoxy) is 1. The highest BCUT2D eigenvalue weighted by Crippen LogP contribution is 2.10. The molecule has 1 aromatic rings. The zero-order valence-corrected chi connectivity index (χ0v) is 10.9. The van der Waals surface area contributed by atoms with Gasteiger partial charge in [0.15, 0.2) is 0 Å². The molecular formula is C12H18N2O3S. The number of rotatable bonds is 8. The number of hydrogen-bond donors (Lipinski definition) is 2. The minimum Gasteiger partial charge on any atom is -0.399 e. The van der Waals surface area contributed by atoms with E-state index in [9.17, 15) is 8.42 Å². The Morgan fingerprint density at radius 2 is 1.94 bits per heavy atom. The summed E-state index contributed by atoms with van der Waals surface area (Å²) in [4.78, 5) is 0.197. The van der Waals surface area contributed by atoms with Crippen LogP contribution in [-0.2, 0) is 14.8 Å². The molecule has 0 amide bonds. The zero-order valence-electron chi connectivity index (χ0n) is 10.1. The Labute approximate surface area is 108 Å². The van der Waals surface area contributed by atoms with E-state index in [1.807, 2.05) is 0 Å². The molecule has 0 aliphatic carbocycles. The molecule has 0 aliphatic heterocycles.